The Morgan fingerprint density at radius 2 is 1.90 bits per heavy atom. The van der Waals surface area contributed by atoms with E-state index in [1.54, 1.807) is 24.1 Å². The van der Waals surface area contributed by atoms with Crippen molar-refractivity contribution in [2.24, 2.45) is 11.3 Å². The number of piperidine rings is 1. The van der Waals surface area contributed by atoms with Crippen LogP contribution >= 0.6 is 0 Å². The molecule has 1 aliphatic carbocycles. The Morgan fingerprint density at radius 3 is 2.57 bits per heavy atom. The van der Waals surface area contributed by atoms with Crippen molar-refractivity contribution in [2.75, 3.05) is 26.8 Å². The van der Waals surface area contributed by atoms with Gasteiger partial charge in [0.15, 0.2) is 0 Å². The summed E-state index contributed by atoms with van der Waals surface area (Å²) in [4.78, 5) is 41.4. The van der Waals surface area contributed by atoms with Gasteiger partial charge in [-0.05, 0) is 36.3 Å². The number of likely N-dealkylation sites (tertiary alicyclic amines) is 1. The third-order valence-electron chi connectivity index (χ3n) is 6.40. The molecule has 2 aliphatic rings. The maximum absolute atomic E-state index is 12.9. The van der Waals surface area contributed by atoms with E-state index < -0.39 is 0 Å². The van der Waals surface area contributed by atoms with Gasteiger partial charge in [0.1, 0.15) is 5.69 Å². The van der Waals surface area contributed by atoms with Crippen LogP contribution in [0.15, 0.2) is 53.3 Å². The van der Waals surface area contributed by atoms with Gasteiger partial charge in [-0.2, -0.15) is 0 Å². The summed E-state index contributed by atoms with van der Waals surface area (Å²) < 4.78 is 5.30. The minimum Gasteiger partial charge on any atom is -0.382 e. The number of nitrogens with zero attached hydrogens (tertiary/aromatic N) is 1. The van der Waals surface area contributed by atoms with Crippen molar-refractivity contribution in [1.29, 1.82) is 0 Å². The second-order valence-electron chi connectivity index (χ2n) is 8.27. The molecule has 1 spiro atoms. The van der Waals surface area contributed by atoms with Crippen molar-refractivity contribution in [3.63, 3.8) is 0 Å². The topological polar surface area (TPSA) is 91.5 Å². The van der Waals surface area contributed by atoms with E-state index in [9.17, 15) is 14.4 Å². The van der Waals surface area contributed by atoms with Gasteiger partial charge in [-0.25, -0.2) is 0 Å². The molecule has 7 nitrogen and oxygen atoms in total. The Kier molecular flexibility index (Phi) is 5.72. The number of methoxy groups -OCH3 is 1. The number of H-pyrrole nitrogens is 1. The molecular formula is C23H27N3O4. The highest BCUT2D eigenvalue weighted by Crippen LogP contribution is 2.59. The highest BCUT2D eigenvalue weighted by Gasteiger charge is 2.58. The Bertz CT molecular complexity index is 964. The fourth-order valence-electron chi connectivity index (χ4n) is 4.51. The third-order valence-corrected chi connectivity index (χ3v) is 6.40. The molecule has 2 N–H and O–H groups in total. The van der Waals surface area contributed by atoms with Crippen LogP contribution in [0, 0.1) is 11.3 Å². The van der Waals surface area contributed by atoms with Gasteiger partial charge < -0.3 is 19.9 Å². The molecule has 1 aliphatic heterocycles. The van der Waals surface area contributed by atoms with E-state index in [0.717, 1.165) is 24.8 Å². The van der Waals surface area contributed by atoms with E-state index in [-0.39, 0.29) is 34.7 Å². The number of aromatic nitrogens is 1. The Morgan fingerprint density at radius 1 is 1.17 bits per heavy atom. The third kappa shape index (κ3) is 4.16. The number of aromatic amines is 1. The van der Waals surface area contributed by atoms with E-state index in [2.05, 4.69) is 10.3 Å². The zero-order valence-corrected chi connectivity index (χ0v) is 17.1. The number of carbonyl (C=O) groups is 2. The summed E-state index contributed by atoms with van der Waals surface area (Å²) >= 11 is 0. The highest BCUT2D eigenvalue weighted by molar-refractivity contribution is 5.92. The lowest BCUT2D eigenvalue weighted by atomic mass is 9.90. The molecule has 158 valence electrons. The molecule has 4 rings (SSSR count). The molecule has 7 heteroatoms. The molecule has 0 radical (unpaired) electrons. The van der Waals surface area contributed by atoms with E-state index in [1.807, 2.05) is 30.3 Å². The standard InChI is InChI=1S/C23H27N3O4/c1-30-15-19(16-6-3-2-4-7-16)25-21(28)17-14-23(17)10-12-26(13-11-23)22(29)18-8-5-9-20(27)24-18/h2-9,17,19H,10-15H2,1H3,(H,24,27)(H,25,28). The minimum atomic E-state index is -0.280. The minimum absolute atomic E-state index is 0.0146. The number of ether oxygens (including phenoxy) is 1. The van der Waals surface area contributed by atoms with Crippen LogP contribution in [0.3, 0.4) is 0 Å². The first-order chi connectivity index (χ1) is 14.5. The molecule has 2 atom stereocenters. The number of pyridine rings is 1. The lowest BCUT2D eigenvalue weighted by molar-refractivity contribution is -0.124. The van der Waals surface area contributed by atoms with Crippen molar-refractivity contribution in [3.8, 4) is 0 Å². The number of rotatable bonds is 6. The van der Waals surface area contributed by atoms with Gasteiger partial charge in [-0.1, -0.05) is 36.4 Å². The number of nitrogens with one attached hydrogen (secondary N) is 2. The van der Waals surface area contributed by atoms with Crippen LogP contribution < -0.4 is 10.9 Å². The number of amides is 2. The second kappa shape index (κ2) is 8.44. The molecule has 2 unspecified atom stereocenters. The molecule has 0 bridgehead atoms. The number of hydrogen-bond donors (Lipinski definition) is 2. The lowest BCUT2D eigenvalue weighted by Gasteiger charge is -2.33. The summed E-state index contributed by atoms with van der Waals surface area (Å²) in [6, 6.07) is 14.3. The van der Waals surface area contributed by atoms with Crippen molar-refractivity contribution >= 4 is 11.8 Å². The second-order valence-corrected chi connectivity index (χ2v) is 8.27. The molecule has 2 amide bonds. The average molecular weight is 409 g/mol. The Hall–Kier alpha value is -2.93. The summed E-state index contributed by atoms with van der Waals surface area (Å²) in [5, 5.41) is 3.15. The van der Waals surface area contributed by atoms with Gasteiger partial charge in [0.2, 0.25) is 11.5 Å². The molecule has 1 aromatic heterocycles. The first-order valence-corrected chi connectivity index (χ1v) is 10.4. The van der Waals surface area contributed by atoms with E-state index in [0.29, 0.717) is 25.4 Å². The lowest BCUT2D eigenvalue weighted by Crippen LogP contribution is -2.41. The van der Waals surface area contributed by atoms with E-state index in [4.69, 9.17) is 4.74 Å². The number of hydrogen-bond acceptors (Lipinski definition) is 4. The molecule has 30 heavy (non-hydrogen) atoms. The maximum Gasteiger partial charge on any atom is 0.270 e. The van der Waals surface area contributed by atoms with Crippen molar-refractivity contribution in [3.05, 3.63) is 70.1 Å². The molecule has 1 saturated heterocycles. The SMILES string of the molecule is COCC(NC(=O)C1CC12CCN(C(=O)c1cccc(=O)[nH]1)CC2)c1ccccc1. The molecule has 2 heterocycles. The Balaban J connectivity index is 1.34. The van der Waals surface area contributed by atoms with Crippen LogP contribution in [-0.2, 0) is 9.53 Å². The summed E-state index contributed by atoms with van der Waals surface area (Å²) in [6.45, 7) is 1.62. The van der Waals surface area contributed by atoms with Gasteiger partial charge in [0.25, 0.3) is 5.91 Å². The number of carbonyl (C=O) groups excluding carboxylic acids is 2. The largest absolute Gasteiger partial charge is 0.382 e. The quantitative estimate of drug-likeness (QED) is 0.765. The monoisotopic (exact) mass is 409 g/mol. The fourth-order valence-corrected chi connectivity index (χ4v) is 4.51. The maximum atomic E-state index is 12.9. The highest BCUT2D eigenvalue weighted by atomic mass is 16.5. The van der Waals surface area contributed by atoms with Crippen molar-refractivity contribution < 1.29 is 14.3 Å². The molecular weight excluding hydrogens is 382 g/mol. The molecule has 2 fully saturated rings. The van der Waals surface area contributed by atoms with Crippen molar-refractivity contribution in [1.82, 2.24) is 15.2 Å². The van der Waals surface area contributed by atoms with Gasteiger partial charge >= 0.3 is 0 Å². The fraction of sp³-hybridized carbons (Fsp3) is 0.435. The van der Waals surface area contributed by atoms with Gasteiger partial charge in [-0.3, -0.25) is 14.4 Å². The van der Waals surface area contributed by atoms with Crippen LogP contribution in [0.25, 0.3) is 0 Å². The molecule has 1 saturated carbocycles. The predicted molar refractivity (Wildman–Crippen MR) is 112 cm³/mol. The molecule has 2 aromatic rings. The first-order valence-electron chi connectivity index (χ1n) is 10.4. The van der Waals surface area contributed by atoms with Gasteiger partial charge in [0, 0.05) is 32.2 Å². The smallest absolute Gasteiger partial charge is 0.270 e. The van der Waals surface area contributed by atoms with Crippen molar-refractivity contribution in [2.45, 2.75) is 25.3 Å². The average Bonchev–Trinajstić information content (AvgIpc) is 3.47. The van der Waals surface area contributed by atoms with Gasteiger partial charge in [-0.15, -0.1) is 0 Å². The van der Waals surface area contributed by atoms with E-state index >= 15 is 0 Å². The zero-order valence-electron chi connectivity index (χ0n) is 17.1. The van der Waals surface area contributed by atoms with Crippen LogP contribution in [0.2, 0.25) is 0 Å². The predicted octanol–water partition coefficient (Wildman–Crippen LogP) is 2.12. The Labute approximate surface area is 175 Å². The van der Waals surface area contributed by atoms with Crippen LogP contribution in [0.1, 0.15) is 41.4 Å². The van der Waals surface area contributed by atoms with E-state index in [1.165, 1.54) is 6.07 Å². The van der Waals surface area contributed by atoms with Gasteiger partial charge in [0.05, 0.1) is 12.6 Å². The van der Waals surface area contributed by atoms with Crippen LogP contribution in [0.4, 0.5) is 0 Å². The zero-order chi connectivity index (χ0) is 21.1. The number of benzene rings is 1. The first kappa shape index (κ1) is 20.3. The van der Waals surface area contributed by atoms with Crippen LogP contribution in [-0.4, -0.2) is 48.5 Å². The summed E-state index contributed by atoms with van der Waals surface area (Å²) in [5.74, 6) is -0.115. The summed E-state index contributed by atoms with van der Waals surface area (Å²) in [6.07, 6.45) is 2.46. The van der Waals surface area contributed by atoms with Crippen LogP contribution in [0.5, 0.6) is 0 Å². The normalized spacial score (nSPS) is 20.6. The molecule has 1 aromatic carbocycles. The summed E-state index contributed by atoms with van der Waals surface area (Å²) in [5.41, 5.74) is 1.05. The summed E-state index contributed by atoms with van der Waals surface area (Å²) in [7, 11) is 1.63.